The predicted octanol–water partition coefficient (Wildman–Crippen LogP) is 1.56. The minimum Gasteiger partial charge on any atom is -0.346 e. The van der Waals surface area contributed by atoms with Crippen LogP contribution in [0, 0.1) is 0 Å². The fraction of sp³-hybridized carbons (Fsp3) is 0.333. The van der Waals surface area contributed by atoms with Crippen LogP contribution >= 0.6 is 23.7 Å². The van der Waals surface area contributed by atoms with E-state index >= 15 is 0 Å². The van der Waals surface area contributed by atoms with Crippen LogP contribution in [-0.4, -0.2) is 23.9 Å². The van der Waals surface area contributed by atoms with E-state index in [-0.39, 0.29) is 12.4 Å². The summed E-state index contributed by atoms with van der Waals surface area (Å²) in [5.41, 5.74) is 1.47. The smallest absolute Gasteiger partial charge is 0.263 e. The quantitative estimate of drug-likeness (QED) is 0.853. The molecule has 3 nitrogen and oxygen atoms in total. The summed E-state index contributed by atoms with van der Waals surface area (Å²) in [6, 6.07) is 0. The fourth-order valence-electron chi connectivity index (χ4n) is 0.585. The van der Waals surface area contributed by atoms with E-state index in [0.29, 0.717) is 4.88 Å². The zero-order chi connectivity index (χ0) is 8.97. The van der Waals surface area contributed by atoms with Gasteiger partial charge in [0.2, 0.25) is 0 Å². The average molecular weight is 229 g/mol. The number of aromatic nitrogens is 1. The van der Waals surface area contributed by atoms with Crippen LogP contribution in [0.5, 0.6) is 0 Å². The first-order valence-corrected chi connectivity index (χ1v) is 4.03. The Morgan fingerprint density at radius 2 is 2.38 bits per heavy atom. The van der Waals surface area contributed by atoms with Crippen LogP contribution in [0.1, 0.15) is 9.67 Å². The second-order valence-electron chi connectivity index (χ2n) is 1.97. The zero-order valence-corrected chi connectivity index (χ0v) is 8.00. The van der Waals surface area contributed by atoms with Crippen molar-refractivity contribution < 1.29 is 13.6 Å². The average Bonchev–Trinajstić information content (AvgIpc) is 2.51. The highest BCUT2D eigenvalue weighted by atomic mass is 35.5. The number of amides is 1. The van der Waals surface area contributed by atoms with Gasteiger partial charge in [-0.1, -0.05) is 0 Å². The number of thiazole rings is 1. The van der Waals surface area contributed by atoms with Gasteiger partial charge in [0.25, 0.3) is 12.3 Å². The van der Waals surface area contributed by atoms with E-state index in [2.05, 4.69) is 10.3 Å². The summed E-state index contributed by atoms with van der Waals surface area (Å²) < 4.78 is 23.2. The normalized spacial score (nSPS) is 9.46. The zero-order valence-electron chi connectivity index (χ0n) is 6.37. The molecule has 0 radical (unpaired) electrons. The molecule has 0 spiro atoms. The molecule has 1 heterocycles. The molecule has 1 aromatic rings. The summed E-state index contributed by atoms with van der Waals surface area (Å²) in [5.74, 6) is -0.502. The summed E-state index contributed by atoms with van der Waals surface area (Å²) in [4.78, 5) is 14.9. The molecule has 0 aliphatic carbocycles. The van der Waals surface area contributed by atoms with E-state index in [1.165, 1.54) is 11.7 Å². The molecule has 1 rings (SSSR count). The molecule has 1 amide bonds. The number of nitrogens with one attached hydrogen (secondary N) is 1. The van der Waals surface area contributed by atoms with Gasteiger partial charge in [-0.15, -0.1) is 23.7 Å². The monoisotopic (exact) mass is 228 g/mol. The largest absolute Gasteiger partial charge is 0.346 e. The Kier molecular flexibility index (Phi) is 5.48. The fourth-order valence-corrected chi connectivity index (χ4v) is 1.12. The summed E-state index contributed by atoms with van der Waals surface area (Å²) in [7, 11) is 0. The molecule has 13 heavy (non-hydrogen) atoms. The second kappa shape index (κ2) is 5.82. The topological polar surface area (TPSA) is 42.0 Å². The second-order valence-corrected chi connectivity index (χ2v) is 2.85. The van der Waals surface area contributed by atoms with Gasteiger partial charge >= 0.3 is 0 Å². The van der Waals surface area contributed by atoms with Crippen molar-refractivity contribution >= 4 is 29.7 Å². The maximum atomic E-state index is 11.6. The third-order valence-corrected chi connectivity index (χ3v) is 1.84. The van der Waals surface area contributed by atoms with Crippen LogP contribution in [-0.2, 0) is 0 Å². The number of hydrogen-bond donors (Lipinski definition) is 1. The van der Waals surface area contributed by atoms with Gasteiger partial charge < -0.3 is 5.32 Å². The molecule has 0 aliphatic rings. The Bertz CT molecular complexity index is 255. The van der Waals surface area contributed by atoms with Crippen molar-refractivity contribution in [1.82, 2.24) is 10.3 Å². The van der Waals surface area contributed by atoms with Gasteiger partial charge in [-0.3, -0.25) is 9.78 Å². The van der Waals surface area contributed by atoms with Gasteiger partial charge in [-0.05, 0) is 0 Å². The summed E-state index contributed by atoms with van der Waals surface area (Å²) in [6.45, 7) is -0.614. The third-order valence-electron chi connectivity index (χ3n) is 1.07. The molecule has 1 aromatic heterocycles. The van der Waals surface area contributed by atoms with Crippen molar-refractivity contribution in [3.8, 4) is 0 Å². The molecule has 7 heteroatoms. The van der Waals surface area contributed by atoms with Gasteiger partial charge in [-0.25, -0.2) is 8.78 Å². The Morgan fingerprint density at radius 1 is 1.69 bits per heavy atom. The van der Waals surface area contributed by atoms with Crippen molar-refractivity contribution in [1.29, 1.82) is 0 Å². The lowest BCUT2D eigenvalue weighted by atomic mass is 10.5. The molecule has 74 valence electrons. The lowest BCUT2D eigenvalue weighted by Crippen LogP contribution is -2.27. The minimum atomic E-state index is -2.51. The predicted molar refractivity (Wildman–Crippen MR) is 47.7 cm³/mol. The molecule has 0 aromatic carbocycles. The number of carbonyl (C=O) groups is 1. The highest BCUT2D eigenvalue weighted by Gasteiger charge is 2.09. The molecule has 0 unspecified atom stereocenters. The highest BCUT2D eigenvalue weighted by Crippen LogP contribution is 2.04. The maximum Gasteiger partial charge on any atom is 0.263 e. The van der Waals surface area contributed by atoms with Gasteiger partial charge in [0.05, 0.1) is 18.3 Å². The highest BCUT2D eigenvalue weighted by molar-refractivity contribution is 7.11. The van der Waals surface area contributed by atoms with Gasteiger partial charge in [0.1, 0.15) is 4.88 Å². The molecule has 0 saturated carbocycles. The first-order valence-electron chi connectivity index (χ1n) is 3.15. The number of halogens is 3. The van der Waals surface area contributed by atoms with Crippen molar-refractivity contribution in [3.05, 3.63) is 16.6 Å². The van der Waals surface area contributed by atoms with Crippen molar-refractivity contribution in [3.63, 3.8) is 0 Å². The summed E-state index contributed by atoms with van der Waals surface area (Å²) in [5, 5.41) is 2.07. The molecule has 0 fully saturated rings. The number of nitrogens with zero attached hydrogens (tertiary/aromatic N) is 1. The standard InChI is InChI=1S/C6H6F2N2OS.ClH/c7-5(8)2-10-6(11)4-1-9-3-12-4;/h1,3,5H,2H2,(H,10,11);1H. The van der Waals surface area contributed by atoms with Crippen molar-refractivity contribution in [2.24, 2.45) is 0 Å². The molecule has 0 saturated heterocycles. The van der Waals surface area contributed by atoms with Crippen LogP contribution in [0.3, 0.4) is 0 Å². The lowest BCUT2D eigenvalue weighted by molar-refractivity contribution is 0.0895. The number of carbonyl (C=O) groups excluding carboxylic acids is 1. The molecule has 0 aliphatic heterocycles. The molecule has 0 atom stereocenters. The number of hydrogen-bond acceptors (Lipinski definition) is 3. The van der Waals surface area contributed by atoms with Crippen LogP contribution < -0.4 is 5.32 Å². The molecular weight excluding hydrogens is 222 g/mol. The number of rotatable bonds is 3. The Morgan fingerprint density at radius 3 is 2.85 bits per heavy atom. The molecule has 0 bridgehead atoms. The third kappa shape index (κ3) is 4.14. The van der Waals surface area contributed by atoms with E-state index < -0.39 is 18.9 Å². The van der Waals surface area contributed by atoms with Gasteiger partial charge in [0, 0.05) is 0 Å². The lowest BCUT2D eigenvalue weighted by Gasteiger charge is -2.00. The first-order chi connectivity index (χ1) is 5.70. The van der Waals surface area contributed by atoms with E-state index in [0.717, 1.165) is 11.3 Å². The SMILES string of the molecule is Cl.O=C(NCC(F)F)c1cncs1. The van der Waals surface area contributed by atoms with Gasteiger partial charge in [0.15, 0.2) is 0 Å². The summed E-state index contributed by atoms with van der Waals surface area (Å²) in [6.07, 6.45) is -1.17. The van der Waals surface area contributed by atoms with E-state index in [9.17, 15) is 13.6 Å². The van der Waals surface area contributed by atoms with Crippen molar-refractivity contribution in [2.75, 3.05) is 6.54 Å². The summed E-state index contributed by atoms with van der Waals surface area (Å²) >= 11 is 1.11. The van der Waals surface area contributed by atoms with Gasteiger partial charge in [-0.2, -0.15) is 0 Å². The Labute approximate surface area is 83.6 Å². The van der Waals surface area contributed by atoms with E-state index in [1.54, 1.807) is 0 Å². The van der Waals surface area contributed by atoms with Crippen LogP contribution in [0.4, 0.5) is 8.78 Å². The molecular formula is C6H7ClF2N2OS. The maximum absolute atomic E-state index is 11.6. The van der Waals surface area contributed by atoms with Crippen molar-refractivity contribution in [2.45, 2.75) is 6.43 Å². The Balaban J connectivity index is 0.00000144. The number of alkyl halides is 2. The molecule has 1 N–H and O–H groups in total. The first kappa shape index (κ1) is 12.2. The van der Waals surface area contributed by atoms with Crippen LogP contribution in [0.2, 0.25) is 0 Å². The van der Waals surface area contributed by atoms with E-state index in [1.807, 2.05) is 0 Å². The van der Waals surface area contributed by atoms with Crippen LogP contribution in [0.25, 0.3) is 0 Å². The minimum absolute atomic E-state index is 0. The van der Waals surface area contributed by atoms with Crippen LogP contribution in [0.15, 0.2) is 11.7 Å². The Hall–Kier alpha value is -0.750. The van der Waals surface area contributed by atoms with E-state index in [4.69, 9.17) is 0 Å².